The number of benzene rings is 2. The summed E-state index contributed by atoms with van der Waals surface area (Å²) in [6.07, 6.45) is 0.000929. The Balaban J connectivity index is 1.98. The van der Waals surface area contributed by atoms with E-state index in [1.807, 2.05) is 6.07 Å². The third kappa shape index (κ3) is 4.35. The molecule has 108 valence electrons. The van der Waals surface area contributed by atoms with Crippen LogP contribution in [0.5, 0.6) is 0 Å². The predicted octanol–water partition coefficient (Wildman–Crippen LogP) is 2.62. The van der Waals surface area contributed by atoms with Crippen LogP contribution in [0.4, 0.5) is 5.69 Å². The van der Waals surface area contributed by atoms with E-state index in [9.17, 15) is 9.59 Å². The number of aliphatic carboxylic acids is 1. The lowest BCUT2D eigenvalue weighted by Crippen LogP contribution is -2.03. The molecular weight excluding hydrogens is 270 g/mol. The summed E-state index contributed by atoms with van der Waals surface area (Å²) in [5.74, 6) is -1.81. The average Bonchev–Trinajstić information content (AvgIpc) is 2.46. The highest BCUT2D eigenvalue weighted by molar-refractivity contribution is 5.87. The number of hydrogen-bond donors (Lipinski definition) is 3. The molecule has 0 unspecified atom stereocenters. The van der Waals surface area contributed by atoms with Crippen LogP contribution in [0.15, 0.2) is 48.5 Å². The molecule has 5 heteroatoms. The minimum absolute atomic E-state index is 0.000929. The van der Waals surface area contributed by atoms with Crippen molar-refractivity contribution in [2.24, 2.45) is 0 Å². The second-order valence-corrected chi connectivity index (χ2v) is 4.63. The first kappa shape index (κ1) is 14.6. The van der Waals surface area contributed by atoms with Crippen LogP contribution < -0.4 is 5.32 Å². The molecule has 21 heavy (non-hydrogen) atoms. The maximum atomic E-state index is 10.9. The molecule has 5 nitrogen and oxygen atoms in total. The largest absolute Gasteiger partial charge is 0.481 e. The predicted molar refractivity (Wildman–Crippen MR) is 78.5 cm³/mol. The van der Waals surface area contributed by atoms with Crippen molar-refractivity contribution >= 4 is 17.6 Å². The molecule has 0 radical (unpaired) electrons. The van der Waals surface area contributed by atoms with E-state index in [2.05, 4.69) is 5.32 Å². The molecule has 0 aliphatic heterocycles. The maximum Gasteiger partial charge on any atom is 0.335 e. The van der Waals surface area contributed by atoms with Crippen LogP contribution in [0, 0.1) is 0 Å². The van der Waals surface area contributed by atoms with E-state index in [1.165, 1.54) is 0 Å². The van der Waals surface area contributed by atoms with Gasteiger partial charge in [-0.25, -0.2) is 4.79 Å². The molecule has 2 rings (SSSR count). The third-order valence-corrected chi connectivity index (χ3v) is 2.98. The third-order valence-electron chi connectivity index (χ3n) is 2.98. The average molecular weight is 285 g/mol. The highest BCUT2D eigenvalue weighted by Crippen LogP contribution is 2.13. The molecule has 0 aliphatic carbocycles. The van der Waals surface area contributed by atoms with E-state index in [-0.39, 0.29) is 12.0 Å². The summed E-state index contributed by atoms with van der Waals surface area (Å²) in [7, 11) is 0. The highest BCUT2D eigenvalue weighted by atomic mass is 16.4. The summed E-state index contributed by atoms with van der Waals surface area (Å²) < 4.78 is 0. The van der Waals surface area contributed by atoms with E-state index in [0.29, 0.717) is 6.54 Å². The Morgan fingerprint density at radius 2 is 1.67 bits per heavy atom. The van der Waals surface area contributed by atoms with Crippen molar-refractivity contribution in [3.63, 3.8) is 0 Å². The molecule has 0 atom stereocenters. The zero-order chi connectivity index (χ0) is 15.2. The van der Waals surface area contributed by atoms with E-state index >= 15 is 0 Å². The van der Waals surface area contributed by atoms with Crippen LogP contribution in [-0.4, -0.2) is 22.2 Å². The van der Waals surface area contributed by atoms with Gasteiger partial charge in [0, 0.05) is 12.2 Å². The van der Waals surface area contributed by atoms with E-state index in [0.717, 1.165) is 16.8 Å². The van der Waals surface area contributed by atoms with Crippen molar-refractivity contribution in [2.75, 3.05) is 5.32 Å². The molecule has 0 amide bonds. The number of carbonyl (C=O) groups is 2. The fourth-order valence-corrected chi connectivity index (χ4v) is 1.93. The Kier molecular flexibility index (Phi) is 4.56. The van der Waals surface area contributed by atoms with Crippen LogP contribution >= 0.6 is 0 Å². The van der Waals surface area contributed by atoms with Gasteiger partial charge < -0.3 is 15.5 Å². The lowest BCUT2D eigenvalue weighted by Gasteiger charge is -2.08. The Labute approximate surface area is 121 Å². The molecule has 3 N–H and O–H groups in total. The van der Waals surface area contributed by atoms with Gasteiger partial charge in [0.1, 0.15) is 0 Å². The fourth-order valence-electron chi connectivity index (χ4n) is 1.93. The molecule has 0 fully saturated rings. The lowest BCUT2D eigenvalue weighted by atomic mass is 10.1. The molecule has 0 bridgehead atoms. The van der Waals surface area contributed by atoms with Gasteiger partial charge in [-0.2, -0.15) is 0 Å². The smallest absolute Gasteiger partial charge is 0.335 e. The number of hydrogen-bond acceptors (Lipinski definition) is 3. The van der Waals surface area contributed by atoms with Gasteiger partial charge in [-0.1, -0.05) is 24.3 Å². The Bertz CT molecular complexity index is 650. The Morgan fingerprint density at radius 1 is 0.952 bits per heavy atom. The minimum atomic E-state index is -0.949. The van der Waals surface area contributed by atoms with Crippen LogP contribution in [0.1, 0.15) is 21.5 Å². The second kappa shape index (κ2) is 6.56. The fraction of sp³-hybridized carbons (Fsp3) is 0.125. The van der Waals surface area contributed by atoms with Crippen molar-refractivity contribution in [3.05, 3.63) is 65.2 Å². The van der Waals surface area contributed by atoms with Gasteiger partial charge in [0.2, 0.25) is 0 Å². The SMILES string of the molecule is O=C(O)Cc1ccc(NCc2cccc(C(=O)O)c2)cc1. The normalized spacial score (nSPS) is 10.1. The Hall–Kier alpha value is -2.82. The zero-order valence-electron chi connectivity index (χ0n) is 11.2. The van der Waals surface area contributed by atoms with Gasteiger partial charge in [0.25, 0.3) is 0 Å². The van der Waals surface area contributed by atoms with Gasteiger partial charge in [0.05, 0.1) is 12.0 Å². The van der Waals surface area contributed by atoms with Crippen molar-refractivity contribution in [2.45, 2.75) is 13.0 Å². The second-order valence-electron chi connectivity index (χ2n) is 4.63. The molecule has 0 aromatic heterocycles. The maximum absolute atomic E-state index is 10.9. The van der Waals surface area contributed by atoms with Gasteiger partial charge in [-0.3, -0.25) is 4.79 Å². The van der Waals surface area contributed by atoms with Crippen LogP contribution in [-0.2, 0) is 17.8 Å². The first-order valence-electron chi connectivity index (χ1n) is 6.41. The highest BCUT2D eigenvalue weighted by Gasteiger charge is 2.03. The van der Waals surface area contributed by atoms with E-state index < -0.39 is 11.9 Å². The molecule has 0 heterocycles. The number of carboxylic acid groups (broad SMARTS) is 2. The molecule has 0 saturated heterocycles. The number of anilines is 1. The lowest BCUT2D eigenvalue weighted by molar-refractivity contribution is -0.136. The first-order chi connectivity index (χ1) is 10.0. The monoisotopic (exact) mass is 285 g/mol. The van der Waals surface area contributed by atoms with Crippen molar-refractivity contribution in [3.8, 4) is 0 Å². The summed E-state index contributed by atoms with van der Waals surface area (Å²) in [6, 6.07) is 13.8. The van der Waals surface area contributed by atoms with Crippen molar-refractivity contribution in [1.29, 1.82) is 0 Å². The molecule has 2 aromatic rings. The number of nitrogens with one attached hydrogen (secondary N) is 1. The van der Waals surface area contributed by atoms with Gasteiger partial charge in [-0.05, 0) is 35.4 Å². The Morgan fingerprint density at radius 3 is 2.29 bits per heavy atom. The van der Waals surface area contributed by atoms with E-state index in [1.54, 1.807) is 42.5 Å². The molecule has 0 aliphatic rings. The van der Waals surface area contributed by atoms with Crippen LogP contribution in [0.2, 0.25) is 0 Å². The molecular formula is C16H15NO4. The number of carboxylic acids is 2. The van der Waals surface area contributed by atoms with Crippen LogP contribution in [0.3, 0.4) is 0 Å². The van der Waals surface area contributed by atoms with E-state index in [4.69, 9.17) is 10.2 Å². The summed E-state index contributed by atoms with van der Waals surface area (Å²) in [5.41, 5.74) is 2.71. The minimum Gasteiger partial charge on any atom is -0.481 e. The van der Waals surface area contributed by atoms with Gasteiger partial charge in [0.15, 0.2) is 0 Å². The van der Waals surface area contributed by atoms with Gasteiger partial charge >= 0.3 is 11.9 Å². The zero-order valence-corrected chi connectivity index (χ0v) is 11.2. The number of aromatic carboxylic acids is 1. The number of rotatable bonds is 6. The molecule has 0 saturated carbocycles. The first-order valence-corrected chi connectivity index (χ1v) is 6.41. The summed E-state index contributed by atoms with van der Waals surface area (Å²) in [4.78, 5) is 21.5. The topological polar surface area (TPSA) is 86.6 Å². The summed E-state index contributed by atoms with van der Waals surface area (Å²) in [5, 5.41) is 20.8. The quantitative estimate of drug-likeness (QED) is 0.759. The van der Waals surface area contributed by atoms with Crippen LogP contribution in [0.25, 0.3) is 0 Å². The molecule has 0 spiro atoms. The summed E-state index contributed by atoms with van der Waals surface area (Å²) in [6.45, 7) is 0.499. The van der Waals surface area contributed by atoms with Gasteiger partial charge in [-0.15, -0.1) is 0 Å². The van der Waals surface area contributed by atoms with Crippen molar-refractivity contribution in [1.82, 2.24) is 0 Å². The standard InChI is InChI=1S/C16H15NO4/c18-15(19)9-11-4-6-14(7-5-11)17-10-12-2-1-3-13(8-12)16(20)21/h1-8,17H,9-10H2,(H,18,19)(H,20,21). The van der Waals surface area contributed by atoms with Crippen molar-refractivity contribution < 1.29 is 19.8 Å². The molecule has 2 aromatic carbocycles. The summed E-state index contributed by atoms with van der Waals surface area (Å²) >= 11 is 0.